The molecule has 2 rings (SSSR count). The molecule has 1 aromatic carbocycles. The summed E-state index contributed by atoms with van der Waals surface area (Å²) >= 11 is 0. The van der Waals surface area contributed by atoms with Crippen LogP contribution < -0.4 is 0 Å². The molecule has 0 spiro atoms. The van der Waals surface area contributed by atoms with E-state index in [0.717, 1.165) is 18.8 Å². The van der Waals surface area contributed by atoms with Crippen LogP contribution in [-0.4, -0.2) is 11.7 Å². The molecule has 1 nitrogen and oxygen atoms in total. The third-order valence-corrected chi connectivity index (χ3v) is 4.96. The molecule has 0 atom stereocenters. The second-order valence-corrected chi connectivity index (χ2v) is 6.53. The number of carbonyl (C=O) groups excluding carboxylic acids is 1. The van der Waals surface area contributed by atoms with Crippen molar-refractivity contribution in [3.63, 3.8) is 0 Å². The molecule has 0 radical (unpaired) electrons. The lowest BCUT2D eigenvalue weighted by Crippen LogP contribution is -2.28. The number of hydrogen-bond donors (Lipinski definition) is 0. The second-order valence-electron chi connectivity index (χ2n) is 6.53. The van der Waals surface area contributed by atoms with Gasteiger partial charge >= 0.3 is 5.92 Å². The first-order valence-corrected chi connectivity index (χ1v) is 8.50. The molecule has 0 saturated heterocycles. The molecule has 0 amide bonds. The van der Waals surface area contributed by atoms with Gasteiger partial charge in [-0.15, -0.1) is 0 Å². The van der Waals surface area contributed by atoms with Gasteiger partial charge in [-0.05, 0) is 49.5 Å². The Morgan fingerprint density at radius 3 is 2.18 bits per heavy atom. The zero-order valence-electron chi connectivity index (χ0n) is 13.6. The predicted molar refractivity (Wildman–Crippen MR) is 85.6 cm³/mol. The molecule has 0 aliphatic heterocycles. The van der Waals surface area contributed by atoms with Crippen molar-refractivity contribution < 1.29 is 13.6 Å². The fourth-order valence-electron chi connectivity index (χ4n) is 3.45. The quantitative estimate of drug-likeness (QED) is 0.590. The Hall–Kier alpha value is -1.25. The maximum Gasteiger partial charge on any atom is 0.309 e. The molecular formula is C19H26F2O. The van der Waals surface area contributed by atoms with Gasteiger partial charge in [0, 0.05) is 12.0 Å². The minimum atomic E-state index is -3.24. The Morgan fingerprint density at radius 2 is 1.68 bits per heavy atom. The Bertz CT molecular complexity index is 485. The predicted octanol–water partition coefficient (Wildman–Crippen LogP) is 5.99. The van der Waals surface area contributed by atoms with Crippen LogP contribution in [0.2, 0.25) is 0 Å². The summed E-state index contributed by atoms with van der Waals surface area (Å²) in [5.74, 6) is -2.93. The lowest BCUT2D eigenvalue weighted by atomic mass is 9.77. The molecule has 122 valence electrons. The summed E-state index contributed by atoms with van der Waals surface area (Å²) in [4.78, 5) is 11.9. The number of alkyl halides is 2. The number of rotatable bonds is 6. The van der Waals surface area contributed by atoms with E-state index in [1.54, 1.807) is 19.1 Å². The van der Waals surface area contributed by atoms with E-state index in [1.165, 1.54) is 24.8 Å². The first-order chi connectivity index (χ1) is 10.5. The Kier molecular flexibility index (Phi) is 5.71. The largest absolute Gasteiger partial charge is 0.309 e. The Morgan fingerprint density at radius 1 is 1.09 bits per heavy atom. The van der Waals surface area contributed by atoms with Gasteiger partial charge < -0.3 is 0 Å². The van der Waals surface area contributed by atoms with Crippen molar-refractivity contribution in [2.45, 2.75) is 70.6 Å². The lowest BCUT2D eigenvalue weighted by Gasteiger charge is -2.28. The van der Waals surface area contributed by atoms with E-state index in [2.05, 4.69) is 6.92 Å². The molecule has 3 heteroatoms. The van der Waals surface area contributed by atoms with E-state index < -0.39 is 11.7 Å². The summed E-state index contributed by atoms with van der Waals surface area (Å²) in [5.41, 5.74) is 1.31. The summed E-state index contributed by atoms with van der Waals surface area (Å²) < 4.78 is 27.4. The smallest absolute Gasteiger partial charge is 0.287 e. The van der Waals surface area contributed by atoms with Gasteiger partial charge in [0.15, 0.2) is 0 Å². The minimum Gasteiger partial charge on any atom is -0.287 e. The van der Waals surface area contributed by atoms with Crippen molar-refractivity contribution in [2.75, 3.05) is 0 Å². The van der Waals surface area contributed by atoms with E-state index in [9.17, 15) is 13.6 Å². The highest BCUT2D eigenvalue weighted by Crippen LogP contribution is 2.37. The van der Waals surface area contributed by atoms with E-state index >= 15 is 0 Å². The molecule has 1 aromatic rings. The summed E-state index contributed by atoms with van der Waals surface area (Å²) in [6.07, 6.45) is 5.99. The van der Waals surface area contributed by atoms with Gasteiger partial charge in [0.25, 0.3) is 0 Å². The van der Waals surface area contributed by atoms with E-state index in [4.69, 9.17) is 0 Å². The fraction of sp³-hybridized carbons (Fsp3) is 0.632. The molecular weight excluding hydrogens is 282 g/mol. The standard InChI is InChI=1S/C19H26F2O/c1-3-13-19(20,21)18(22)17-11-9-16(10-12-17)15-7-5-14(4-2)6-8-15/h9-12,14-15H,3-8,13H2,1-2H3/t14-,15-. The summed E-state index contributed by atoms with van der Waals surface area (Å²) in [6.45, 7) is 3.90. The van der Waals surface area contributed by atoms with Crippen molar-refractivity contribution in [1.82, 2.24) is 0 Å². The van der Waals surface area contributed by atoms with Crippen LogP contribution in [0.15, 0.2) is 24.3 Å². The van der Waals surface area contributed by atoms with Crippen molar-refractivity contribution >= 4 is 5.78 Å². The first kappa shape index (κ1) is 17.1. The molecule has 0 unspecified atom stereocenters. The van der Waals surface area contributed by atoms with Gasteiger partial charge in [-0.25, -0.2) is 0 Å². The molecule has 1 saturated carbocycles. The first-order valence-electron chi connectivity index (χ1n) is 8.50. The van der Waals surface area contributed by atoms with Crippen molar-refractivity contribution in [1.29, 1.82) is 0 Å². The highest BCUT2D eigenvalue weighted by Gasteiger charge is 2.38. The topological polar surface area (TPSA) is 17.1 Å². The number of halogens is 2. The normalized spacial score (nSPS) is 22.5. The van der Waals surface area contributed by atoms with Crippen LogP contribution in [0.25, 0.3) is 0 Å². The number of benzene rings is 1. The molecule has 1 fully saturated rings. The number of carbonyl (C=O) groups is 1. The maximum atomic E-state index is 13.7. The van der Waals surface area contributed by atoms with Crippen LogP contribution in [0.5, 0.6) is 0 Å². The summed E-state index contributed by atoms with van der Waals surface area (Å²) in [5, 5.41) is 0. The average molecular weight is 308 g/mol. The third kappa shape index (κ3) is 3.93. The molecule has 0 aromatic heterocycles. The minimum absolute atomic E-state index is 0.129. The molecule has 1 aliphatic carbocycles. The van der Waals surface area contributed by atoms with E-state index in [-0.39, 0.29) is 12.0 Å². The molecule has 0 heterocycles. The highest BCUT2D eigenvalue weighted by molar-refractivity contribution is 6.01. The van der Waals surface area contributed by atoms with Crippen molar-refractivity contribution in [2.24, 2.45) is 5.92 Å². The number of Topliss-reactive ketones (excluding diaryl/α,β-unsaturated/α-hetero) is 1. The van der Waals surface area contributed by atoms with E-state index in [0.29, 0.717) is 12.3 Å². The molecule has 22 heavy (non-hydrogen) atoms. The van der Waals surface area contributed by atoms with Gasteiger partial charge in [0.1, 0.15) is 0 Å². The van der Waals surface area contributed by atoms with Crippen LogP contribution >= 0.6 is 0 Å². The molecule has 1 aliphatic rings. The maximum absolute atomic E-state index is 13.7. The highest BCUT2D eigenvalue weighted by atomic mass is 19.3. The Balaban J connectivity index is 2.03. The Labute approximate surface area is 132 Å². The molecule has 0 bridgehead atoms. The van der Waals surface area contributed by atoms with Crippen LogP contribution in [0, 0.1) is 5.92 Å². The van der Waals surface area contributed by atoms with Gasteiger partial charge in [0.2, 0.25) is 5.78 Å². The van der Waals surface area contributed by atoms with Crippen molar-refractivity contribution in [3.8, 4) is 0 Å². The van der Waals surface area contributed by atoms with Gasteiger partial charge in [-0.3, -0.25) is 4.79 Å². The number of hydrogen-bond acceptors (Lipinski definition) is 1. The van der Waals surface area contributed by atoms with Gasteiger partial charge in [-0.1, -0.05) is 44.5 Å². The van der Waals surface area contributed by atoms with E-state index in [1.807, 2.05) is 12.1 Å². The monoisotopic (exact) mass is 308 g/mol. The zero-order valence-corrected chi connectivity index (χ0v) is 13.6. The SMILES string of the molecule is CCCC(F)(F)C(=O)c1ccc([C@H]2CC[C@H](CC)CC2)cc1. The van der Waals surface area contributed by atoms with Crippen LogP contribution in [0.3, 0.4) is 0 Å². The lowest BCUT2D eigenvalue weighted by molar-refractivity contribution is 0.00453. The van der Waals surface area contributed by atoms with Crippen LogP contribution in [-0.2, 0) is 0 Å². The molecule has 0 N–H and O–H groups in total. The van der Waals surface area contributed by atoms with Gasteiger partial charge in [0.05, 0.1) is 0 Å². The second kappa shape index (κ2) is 7.34. The number of ketones is 1. The summed E-state index contributed by atoms with van der Waals surface area (Å²) in [7, 11) is 0. The zero-order chi connectivity index (χ0) is 16.2. The van der Waals surface area contributed by atoms with Crippen LogP contribution in [0.4, 0.5) is 8.78 Å². The average Bonchev–Trinajstić information content (AvgIpc) is 2.54. The fourth-order valence-corrected chi connectivity index (χ4v) is 3.45. The summed E-state index contributed by atoms with van der Waals surface area (Å²) in [6, 6.07) is 6.89. The third-order valence-electron chi connectivity index (χ3n) is 4.96. The van der Waals surface area contributed by atoms with Crippen molar-refractivity contribution in [3.05, 3.63) is 35.4 Å². The van der Waals surface area contributed by atoms with Crippen LogP contribution in [0.1, 0.15) is 80.6 Å². The van der Waals surface area contributed by atoms with Gasteiger partial charge in [-0.2, -0.15) is 8.78 Å².